The molecule has 0 aliphatic rings. The van der Waals surface area contributed by atoms with Crippen LogP contribution in [-0.4, -0.2) is 26.3 Å². The van der Waals surface area contributed by atoms with Crippen molar-refractivity contribution in [2.45, 2.75) is 31.3 Å². The van der Waals surface area contributed by atoms with Crippen molar-refractivity contribution in [2.24, 2.45) is 7.05 Å². The molecule has 0 unspecified atom stereocenters. The summed E-state index contributed by atoms with van der Waals surface area (Å²) < 4.78 is 1.48. The van der Waals surface area contributed by atoms with E-state index in [1.807, 2.05) is 0 Å². The number of rotatable bonds is 6. The summed E-state index contributed by atoms with van der Waals surface area (Å²) in [4.78, 5) is 21.7. The molecule has 84 valence electrons. The number of ketones is 1. The third-order valence-corrected chi connectivity index (χ3v) is 3.11. The molecule has 0 aliphatic carbocycles. The molecule has 0 amide bonds. The number of aromatic nitrogens is 3. The zero-order valence-electron chi connectivity index (χ0n) is 8.95. The molecule has 1 rings (SSSR count). The first-order valence-corrected chi connectivity index (χ1v) is 5.83. The highest BCUT2D eigenvalue weighted by molar-refractivity contribution is 7.99. The summed E-state index contributed by atoms with van der Waals surface area (Å²) in [5, 5.41) is 6.95. The number of nitrogens with zero attached hydrogens (tertiary/aromatic N) is 2. The van der Waals surface area contributed by atoms with Crippen molar-refractivity contribution in [3.05, 3.63) is 10.5 Å². The predicted octanol–water partition coefficient (Wildman–Crippen LogP) is 0.960. The van der Waals surface area contributed by atoms with Gasteiger partial charge < -0.3 is 4.79 Å². The summed E-state index contributed by atoms with van der Waals surface area (Å²) >= 11 is 1.53. The maximum absolute atomic E-state index is 11.0. The molecular formula is C9H15N3O2S. The van der Waals surface area contributed by atoms with Crippen molar-refractivity contribution in [3.63, 3.8) is 0 Å². The normalized spacial score (nSPS) is 10.5. The SMILES string of the molecule is CC(=O)CCCCSc1n[nH]c(=O)n1C. The quantitative estimate of drug-likeness (QED) is 0.583. The molecule has 5 nitrogen and oxygen atoms in total. The van der Waals surface area contributed by atoms with Crippen LogP contribution in [0, 0.1) is 0 Å². The number of hydrogen-bond acceptors (Lipinski definition) is 4. The van der Waals surface area contributed by atoms with Crippen molar-refractivity contribution in [1.29, 1.82) is 0 Å². The zero-order valence-corrected chi connectivity index (χ0v) is 9.76. The highest BCUT2D eigenvalue weighted by atomic mass is 32.2. The second-order valence-corrected chi connectivity index (χ2v) is 4.44. The molecule has 0 saturated heterocycles. The second kappa shape index (κ2) is 5.75. The largest absolute Gasteiger partial charge is 0.343 e. The van der Waals surface area contributed by atoms with Crippen LogP contribution in [-0.2, 0) is 11.8 Å². The average molecular weight is 229 g/mol. The van der Waals surface area contributed by atoms with Crippen molar-refractivity contribution in [3.8, 4) is 0 Å². The second-order valence-electron chi connectivity index (χ2n) is 3.38. The summed E-state index contributed by atoms with van der Waals surface area (Å²) in [6.45, 7) is 1.60. The van der Waals surface area contributed by atoms with Gasteiger partial charge in [-0.25, -0.2) is 9.89 Å². The van der Waals surface area contributed by atoms with Gasteiger partial charge in [0.15, 0.2) is 5.16 Å². The van der Waals surface area contributed by atoms with Gasteiger partial charge in [-0.15, -0.1) is 5.10 Å². The van der Waals surface area contributed by atoms with Crippen molar-refractivity contribution >= 4 is 17.5 Å². The Morgan fingerprint density at radius 3 is 2.80 bits per heavy atom. The minimum atomic E-state index is -0.193. The number of nitrogens with one attached hydrogen (secondary N) is 1. The molecule has 6 heteroatoms. The Labute approximate surface area is 92.3 Å². The Hall–Kier alpha value is -1.04. The van der Waals surface area contributed by atoms with Crippen molar-refractivity contribution in [2.75, 3.05) is 5.75 Å². The highest BCUT2D eigenvalue weighted by Gasteiger charge is 2.03. The minimum Gasteiger partial charge on any atom is -0.300 e. The molecule has 1 N–H and O–H groups in total. The van der Waals surface area contributed by atoms with Gasteiger partial charge in [-0.05, 0) is 19.8 Å². The number of thioether (sulfide) groups is 1. The number of carbonyl (C=O) groups excluding carboxylic acids is 1. The lowest BCUT2D eigenvalue weighted by Gasteiger charge is -1.99. The first-order chi connectivity index (χ1) is 7.11. The molecule has 15 heavy (non-hydrogen) atoms. The molecule has 0 spiro atoms. The maximum Gasteiger partial charge on any atom is 0.343 e. The molecule has 1 aromatic heterocycles. The van der Waals surface area contributed by atoms with E-state index in [9.17, 15) is 9.59 Å². The van der Waals surface area contributed by atoms with Crippen LogP contribution in [0.5, 0.6) is 0 Å². The third kappa shape index (κ3) is 3.91. The van der Waals surface area contributed by atoms with Crippen LogP contribution in [0.2, 0.25) is 0 Å². The topological polar surface area (TPSA) is 67.8 Å². The lowest BCUT2D eigenvalue weighted by atomic mass is 10.2. The van der Waals surface area contributed by atoms with Crippen LogP contribution in [0.15, 0.2) is 9.95 Å². The van der Waals surface area contributed by atoms with Crippen molar-refractivity contribution in [1.82, 2.24) is 14.8 Å². The van der Waals surface area contributed by atoms with E-state index in [0.29, 0.717) is 11.6 Å². The minimum absolute atomic E-state index is 0.193. The number of unbranched alkanes of at least 4 members (excludes halogenated alkanes) is 1. The van der Waals surface area contributed by atoms with Crippen LogP contribution in [0.3, 0.4) is 0 Å². The summed E-state index contributed by atoms with van der Waals surface area (Å²) in [7, 11) is 1.68. The van der Waals surface area contributed by atoms with Gasteiger partial charge in [-0.2, -0.15) is 0 Å². The molecule has 0 radical (unpaired) electrons. The molecule has 0 atom stereocenters. The Kier molecular flexibility index (Phi) is 4.61. The van der Waals surface area contributed by atoms with E-state index in [1.165, 1.54) is 16.3 Å². The van der Waals surface area contributed by atoms with Crippen molar-refractivity contribution < 1.29 is 4.79 Å². The maximum atomic E-state index is 11.0. The molecule has 0 bridgehead atoms. The summed E-state index contributed by atoms with van der Waals surface area (Å²) in [5.74, 6) is 1.11. The zero-order chi connectivity index (χ0) is 11.3. The monoisotopic (exact) mass is 229 g/mol. The molecule has 1 heterocycles. The standard InChI is InChI=1S/C9H15N3O2S/c1-7(13)5-3-4-6-15-9-11-10-8(14)12(9)2/h3-6H2,1-2H3,(H,10,14). The van der Waals surface area contributed by atoms with Crippen LogP contribution >= 0.6 is 11.8 Å². The lowest BCUT2D eigenvalue weighted by molar-refractivity contribution is -0.117. The summed E-state index contributed by atoms with van der Waals surface area (Å²) in [6, 6.07) is 0. The van der Waals surface area contributed by atoms with Crippen LogP contribution in [0.25, 0.3) is 0 Å². The third-order valence-electron chi connectivity index (χ3n) is 1.99. The van der Waals surface area contributed by atoms with E-state index in [-0.39, 0.29) is 11.5 Å². The lowest BCUT2D eigenvalue weighted by Crippen LogP contribution is -2.12. The number of hydrogen-bond donors (Lipinski definition) is 1. The summed E-state index contributed by atoms with van der Waals surface area (Å²) in [6.07, 6.45) is 2.51. The molecule has 0 aliphatic heterocycles. The van der Waals surface area contributed by atoms with Crippen LogP contribution in [0.1, 0.15) is 26.2 Å². The van der Waals surface area contributed by atoms with E-state index >= 15 is 0 Å². The molecule has 0 fully saturated rings. The predicted molar refractivity (Wildman–Crippen MR) is 59.1 cm³/mol. The van der Waals surface area contributed by atoms with E-state index in [1.54, 1.807) is 14.0 Å². The fourth-order valence-corrected chi connectivity index (χ4v) is 2.02. The molecule has 1 aromatic rings. The van der Waals surface area contributed by atoms with Gasteiger partial charge in [0, 0.05) is 19.2 Å². The smallest absolute Gasteiger partial charge is 0.300 e. The number of Topliss-reactive ketones (excluding diaryl/α,β-unsaturated/α-hetero) is 1. The number of carbonyl (C=O) groups is 1. The number of aromatic amines is 1. The summed E-state index contributed by atoms with van der Waals surface area (Å²) in [5.41, 5.74) is -0.193. The van der Waals surface area contributed by atoms with E-state index in [0.717, 1.165) is 18.6 Å². The first-order valence-electron chi connectivity index (χ1n) is 4.85. The number of H-pyrrole nitrogens is 1. The van der Waals surface area contributed by atoms with Crippen LogP contribution in [0.4, 0.5) is 0 Å². The molecular weight excluding hydrogens is 214 g/mol. The van der Waals surface area contributed by atoms with Gasteiger partial charge in [0.2, 0.25) is 0 Å². The Bertz CT molecular complexity index is 383. The Morgan fingerprint density at radius 2 is 2.27 bits per heavy atom. The van der Waals surface area contributed by atoms with Gasteiger partial charge in [-0.1, -0.05) is 11.8 Å². The van der Waals surface area contributed by atoms with Gasteiger partial charge >= 0.3 is 5.69 Å². The van der Waals surface area contributed by atoms with E-state index in [4.69, 9.17) is 0 Å². The Balaban J connectivity index is 2.23. The van der Waals surface area contributed by atoms with E-state index < -0.39 is 0 Å². The van der Waals surface area contributed by atoms with Gasteiger partial charge in [-0.3, -0.25) is 4.57 Å². The average Bonchev–Trinajstić information content (AvgIpc) is 2.48. The molecule has 0 aromatic carbocycles. The Morgan fingerprint density at radius 1 is 1.53 bits per heavy atom. The van der Waals surface area contributed by atoms with Gasteiger partial charge in [0.25, 0.3) is 0 Å². The molecule has 0 saturated carbocycles. The fourth-order valence-electron chi connectivity index (χ4n) is 1.10. The van der Waals surface area contributed by atoms with Gasteiger partial charge in [0.1, 0.15) is 5.78 Å². The highest BCUT2D eigenvalue weighted by Crippen LogP contribution is 2.14. The fraction of sp³-hybridized carbons (Fsp3) is 0.667. The first kappa shape index (κ1) is 12.0. The van der Waals surface area contributed by atoms with Crippen LogP contribution < -0.4 is 5.69 Å². The van der Waals surface area contributed by atoms with E-state index in [2.05, 4.69) is 10.2 Å². The van der Waals surface area contributed by atoms with Gasteiger partial charge in [0.05, 0.1) is 0 Å².